The minimum absolute atomic E-state index is 0.351. The molecule has 1 unspecified atom stereocenters. The van der Waals surface area contributed by atoms with E-state index in [4.69, 9.17) is 9.47 Å². The highest BCUT2D eigenvalue weighted by molar-refractivity contribution is 5.45. The topological polar surface area (TPSA) is 43.4 Å². The highest BCUT2D eigenvalue weighted by atomic mass is 16.5. The van der Waals surface area contributed by atoms with Crippen molar-refractivity contribution < 1.29 is 9.47 Å². The van der Waals surface area contributed by atoms with Crippen molar-refractivity contribution in [1.82, 2.24) is 4.98 Å². The van der Waals surface area contributed by atoms with Crippen LogP contribution in [0, 0.1) is 0 Å². The number of rotatable bonds is 4. The van der Waals surface area contributed by atoms with Gasteiger partial charge in [0.1, 0.15) is 0 Å². The van der Waals surface area contributed by atoms with E-state index in [1.165, 1.54) is 6.42 Å². The van der Waals surface area contributed by atoms with E-state index in [0.29, 0.717) is 12.0 Å². The van der Waals surface area contributed by atoms with Gasteiger partial charge in [-0.15, -0.1) is 0 Å². The fourth-order valence-electron chi connectivity index (χ4n) is 1.67. The van der Waals surface area contributed by atoms with Crippen LogP contribution in [0.4, 0.5) is 5.69 Å². The minimum atomic E-state index is 0.351. The molecule has 4 heteroatoms. The largest absolute Gasteiger partial charge is 0.481 e. The molecular formula is C11H16N2O2. The van der Waals surface area contributed by atoms with Crippen LogP contribution in [-0.4, -0.2) is 31.3 Å². The quantitative estimate of drug-likeness (QED) is 0.817. The van der Waals surface area contributed by atoms with E-state index in [1.54, 1.807) is 13.3 Å². The SMILES string of the molecule is COc1cc(NCC2CCCO2)ccn1. The van der Waals surface area contributed by atoms with Gasteiger partial charge in [-0.25, -0.2) is 4.98 Å². The summed E-state index contributed by atoms with van der Waals surface area (Å²) < 4.78 is 10.6. The molecule has 1 aliphatic rings. The summed E-state index contributed by atoms with van der Waals surface area (Å²) in [4.78, 5) is 4.04. The van der Waals surface area contributed by atoms with E-state index in [9.17, 15) is 0 Å². The van der Waals surface area contributed by atoms with E-state index >= 15 is 0 Å². The van der Waals surface area contributed by atoms with Gasteiger partial charge in [0.15, 0.2) is 0 Å². The Hall–Kier alpha value is -1.29. The van der Waals surface area contributed by atoms with E-state index in [1.807, 2.05) is 12.1 Å². The first-order valence-electron chi connectivity index (χ1n) is 5.24. The molecule has 0 spiro atoms. The summed E-state index contributed by atoms with van der Waals surface area (Å²) in [6, 6.07) is 3.81. The highest BCUT2D eigenvalue weighted by Gasteiger charge is 2.14. The zero-order chi connectivity index (χ0) is 10.5. The van der Waals surface area contributed by atoms with Gasteiger partial charge in [-0.2, -0.15) is 0 Å². The zero-order valence-electron chi connectivity index (χ0n) is 8.90. The molecule has 2 heterocycles. The molecule has 1 atom stereocenters. The van der Waals surface area contributed by atoms with Crippen LogP contribution in [0.3, 0.4) is 0 Å². The van der Waals surface area contributed by atoms with Crippen molar-refractivity contribution >= 4 is 5.69 Å². The molecular weight excluding hydrogens is 192 g/mol. The Labute approximate surface area is 89.6 Å². The fourth-order valence-corrected chi connectivity index (χ4v) is 1.67. The van der Waals surface area contributed by atoms with Crippen LogP contribution in [0.25, 0.3) is 0 Å². The third kappa shape index (κ3) is 2.83. The van der Waals surface area contributed by atoms with Crippen molar-refractivity contribution in [3.63, 3.8) is 0 Å². The average Bonchev–Trinajstić information content (AvgIpc) is 2.79. The van der Waals surface area contributed by atoms with Gasteiger partial charge < -0.3 is 14.8 Å². The van der Waals surface area contributed by atoms with Gasteiger partial charge in [-0.3, -0.25) is 0 Å². The summed E-state index contributed by atoms with van der Waals surface area (Å²) in [5.41, 5.74) is 1.03. The molecule has 1 aliphatic heterocycles. The number of methoxy groups -OCH3 is 1. The second-order valence-corrected chi connectivity index (χ2v) is 3.60. The standard InChI is InChI=1S/C11H16N2O2/c1-14-11-7-9(4-5-12-11)13-8-10-3-2-6-15-10/h4-5,7,10H,2-3,6,8H2,1H3,(H,12,13). The third-order valence-corrected chi connectivity index (χ3v) is 2.50. The molecule has 0 aliphatic carbocycles. The Morgan fingerprint density at radius 2 is 2.60 bits per heavy atom. The van der Waals surface area contributed by atoms with Crippen LogP contribution in [0.2, 0.25) is 0 Å². The number of hydrogen-bond donors (Lipinski definition) is 1. The van der Waals surface area contributed by atoms with E-state index in [2.05, 4.69) is 10.3 Å². The lowest BCUT2D eigenvalue weighted by molar-refractivity contribution is 0.120. The van der Waals surface area contributed by atoms with E-state index in [-0.39, 0.29) is 0 Å². The molecule has 1 fully saturated rings. The molecule has 0 aromatic carbocycles. The Bertz CT molecular complexity index is 311. The zero-order valence-corrected chi connectivity index (χ0v) is 8.90. The van der Waals surface area contributed by atoms with Crippen LogP contribution < -0.4 is 10.1 Å². The molecule has 2 rings (SSSR count). The number of nitrogens with one attached hydrogen (secondary N) is 1. The maximum atomic E-state index is 5.52. The number of ether oxygens (including phenoxy) is 2. The van der Waals surface area contributed by atoms with Crippen LogP contribution in [0.5, 0.6) is 5.88 Å². The third-order valence-electron chi connectivity index (χ3n) is 2.50. The lowest BCUT2D eigenvalue weighted by atomic mass is 10.2. The summed E-state index contributed by atoms with van der Waals surface area (Å²) in [5.74, 6) is 0.632. The summed E-state index contributed by atoms with van der Waals surface area (Å²) in [6.07, 6.45) is 4.40. The second-order valence-electron chi connectivity index (χ2n) is 3.60. The lowest BCUT2D eigenvalue weighted by Gasteiger charge is -2.12. The Balaban J connectivity index is 1.86. The number of pyridine rings is 1. The van der Waals surface area contributed by atoms with Crippen molar-refractivity contribution in [2.24, 2.45) is 0 Å². The molecule has 0 bridgehead atoms. The average molecular weight is 208 g/mol. The summed E-state index contributed by atoms with van der Waals surface area (Å²) >= 11 is 0. The highest BCUT2D eigenvalue weighted by Crippen LogP contribution is 2.16. The Morgan fingerprint density at radius 3 is 3.33 bits per heavy atom. The lowest BCUT2D eigenvalue weighted by Crippen LogP contribution is -2.18. The molecule has 1 aromatic heterocycles. The van der Waals surface area contributed by atoms with Crippen LogP contribution in [-0.2, 0) is 4.74 Å². The van der Waals surface area contributed by atoms with Crippen LogP contribution in [0.15, 0.2) is 18.3 Å². The Morgan fingerprint density at radius 1 is 1.67 bits per heavy atom. The van der Waals surface area contributed by atoms with Crippen molar-refractivity contribution in [2.45, 2.75) is 18.9 Å². The summed E-state index contributed by atoms with van der Waals surface area (Å²) in [7, 11) is 1.62. The first kappa shape index (κ1) is 10.2. The number of anilines is 1. The predicted molar refractivity (Wildman–Crippen MR) is 58.3 cm³/mol. The number of nitrogens with zero attached hydrogens (tertiary/aromatic N) is 1. The van der Waals surface area contributed by atoms with Gasteiger partial charge in [0, 0.05) is 31.1 Å². The van der Waals surface area contributed by atoms with Gasteiger partial charge in [-0.1, -0.05) is 0 Å². The maximum absolute atomic E-state index is 5.52. The molecule has 4 nitrogen and oxygen atoms in total. The molecule has 1 saturated heterocycles. The molecule has 15 heavy (non-hydrogen) atoms. The second kappa shape index (κ2) is 4.98. The molecule has 1 aromatic rings. The maximum Gasteiger partial charge on any atom is 0.214 e. The number of aromatic nitrogens is 1. The molecule has 0 radical (unpaired) electrons. The summed E-state index contributed by atoms with van der Waals surface area (Å²) in [6.45, 7) is 1.75. The van der Waals surface area contributed by atoms with Gasteiger partial charge in [-0.05, 0) is 18.9 Å². The molecule has 1 N–H and O–H groups in total. The van der Waals surface area contributed by atoms with Gasteiger partial charge in [0.25, 0.3) is 0 Å². The van der Waals surface area contributed by atoms with Gasteiger partial charge >= 0.3 is 0 Å². The van der Waals surface area contributed by atoms with Gasteiger partial charge in [0.05, 0.1) is 13.2 Å². The van der Waals surface area contributed by atoms with Crippen molar-refractivity contribution in [2.75, 3.05) is 25.6 Å². The molecule has 0 saturated carbocycles. The smallest absolute Gasteiger partial charge is 0.214 e. The normalized spacial score (nSPS) is 20.2. The van der Waals surface area contributed by atoms with Crippen molar-refractivity contribution in [1.29, 1.82) is 0 Å². The monoisotopic (exact) mass is 208 g/mol. The fraction of sp³-hybridized carbons (Fsp3) is 0.545. The van der Waals surface area contributed by atoms with Crippen molar-refractivity contribution in [3.05, 3.63) is 18.3 Å². The van der Waals surface area contributed by atoms with E-state index < -0.39 is 0 Å². The number of hydrogen-bond acceptors (Lipinski definition) is 4. The molecule has 82 valence electrons. The minimum Gasteiger partial charge on any atom is -0.481 e. The first-order valence-corrected chi connectivity index (χ1v) is 5.24. The summed E-state index contributed by atoms with van der Waals surface area (Å²) in [5, 5.41) is 3.32. The van der Waals surface area contributed by atoms with Crippen LogP contribution >= 0.6 is 0 Å². The van der Waals surface area contributed by atoms with Crippen LogP contribution in [0.1, 0.15) is 12.8 Å². The first-order chi connectivity index (χ1) is 7.38. The predicted octanol–water partition coefficient (Wildman–Crippen LogP) is 1.68. The molecule has 0 amide bonds. The van der Waals surface area contributed by atoms with Gasteiger partial charge in [0.2, 0.25) is 5.88 Å². The van der Waals surface area contributed by atoms with Crippen molar-refractivity contribution in [3.8, 4) is 5.88 Å². The van der Waals surface area contributed by atoms with E-state index in [0.717, 1.165) is 25.3 Å². The Kier molecular flexibility index (Phi) is 3.40.